The maximum Gasteiger partial charge on any atom is 0.223 e. The first-order valence-electron chi connectivity index (χ1n) is 7.83. The van der Waals surface area contributed by atoms with Gasteiger partial charge in [-0.25, -0.2) is 0 Å². The lowest BCUT2D eigenvalue weighted by atomic mass is 9.89. The van der Waals surface area contributed by atoms with Crippen LogP contribution < -0.4 is 5.32 Å². The Morgan fingerprint density at radius 1 is 1.16 bits per heavy atom. The van der Waals surface area contributed by atoms with Crippen LogP contribution in [0.3, 0.4) is 0 Å². The van der Waals surface area contributed by atoms with E-state index in [9.17, 15) is 4.79 Å². The molecule has 0 aromatic heterocycles. The third kappa shape index (κ3) is 5.49. The molecule has 4 heteroatoms. The van der Waals surface area contributed by atoms with Gasteiger partial charge in [-0.3, -0.25) is 4.79 Å². The van der Waals surface area contributed by atoms with Gasteiger partial charge in [0.25, 0.3) is 0 Å². The first-order valence-corrected chi connectivity index (χ1v) is 7.83. The fourth-order valence-electron chi connectivity index (χ4n) is 2.89. The van der Waals surface area contributed by atoms with Crippen molar-refractivity contribution in [1.29, 1.82) is 0 Å². The summed E-state index contributed by atoms with van der Waals surface area (Å²) in [4.78, 5) is 11.9. The molecule has 0 radical (unpaired) electrons. The summed E-state index contributed by atoms with van der Waals surface area (Å²) in [5.41, 5.74) is 0. The highest BCUT2D eigenvalue weighted by molar-refractivity contribution is 5.78. The van der Waals surface area contributed by atoms with Gasteiger partial charge in [0.05, 0.1) is 12.7 Å². The molecule has 1 saturated carbocycles. The minimum Gasteiger partial charge on any atom is -0.379 e. The largest absolute Gasteiger partial charge is 0.379 e. The highest BCUT2D eigenvalue weighted by Crippen LogP contribution is 2.23. The molecule has 2 rings (SSSR count). The first kappa shape index (κ1) is 14.8. The zero-order valence-corrected chi connectivity index (χ0v) is 11.9. The van der Waals surface area contributed by atoms with Gasteiger partial charge < -0.3 is 14.8 Å². The molecule has 1 N–H and O–H groups in total. The molecule has 1 saturated heterocycles. The minimum atomic E-state index is 0.249. The summed E-state index contributed by atoms with van der Waals surface area (Å²) in [6.45, 7) is 3.04. The first-order chi connectivity index (χ1) is 9.36. The number of carbonyl (C=O) groups is 1. The Hall–Kier alpha value is -0.610. The van der Waals surface area contributed by atoms with Crippen LogP contribution in [0, 0.1) is 5.92 Å². The van der Waals surface area contributed by atoms with Gasteiger partial charge >= 0.3 is 0 Å². The van der Waals surface area contributed by atoms with E-state index in [-0.39, 0.29) is 11.8 Å². The van der Waals surface area contributed by atoms with Gasteiger partial charge in [0, 0.05) is 25.7 Å². The summed E-state index contributed by atoms with van der Waals surface area (Å²) in [5.74, 6) is 0.514. The number of rotatable bonds is 7. The second-order valence-corrected chi connectivity index (χ2v) is 5.69. The molecule has 1 amide bonds. The Kier molecular flexibility index (Phi) is 6.65. The molecule has 19 heavy (non-hydrogen) atoms. The van der Waals surface area contributed by atoms with E-state index in [4.69, 9.17) is 9.47 Å². The number of nitrogens with one attached hydrogen (secondary N) is 1. The normalized spacial score (nSPS) is 24.5. The van der Waals surface area contributed by atoms with Crippen molar-refractivity contribution in [3.63, 3.8) is 0 Å². The molecule has 0 aromatic rings. The van der Waals surface area contributed by atoms with Gasteiger partial charge in [0.1, 0.15) is 0 Å². The van der Waals surface area contributed by atoms with E-state index in [0.29, 0.717) is 19.3 Å². The fourth-order valence-corrected chi connectivity index (χ4v) is 2.89. The van der Waals surface area contributed by atoms with Crippen LogP contribution in [-0.2, 0) is 14.3 Å². The monoisotopic (exact) mass is 269 g/mol. The number of hydrogen-bond donors (Lipinski definition) is 1. The maximum absolute atomic E-state index is 11.9. The Labute approximate surface area is 116 Å². The highest BCUT2D eigenvalue weighted by Gasteiger charge is 2.20. The average Bonchev–Trinajstić information content (AvgIpc) is 2.96. The lowest BCUT2D eigenvalue weighted by Crippen LogP contribution is -2.33. The molecule has 4 nitrogen and oxygen atoms in total. The molecule has 2 fully saturated rings. The van der Waals surface area contributed by atoms with Gasteiger partial charge in [-0.1, -0.05) is 19.3 Å². The Balaban J connectivity index is 1.43. The molecular weight excluding hydrogens is 242 g/mol. The van der Waals surface area contributed by atoms with Crippen LogP contribution in [0.15, 0.2) is 0 Å². The van der Waals surface area contributed by atoms with Crippen LogP contribution in [-0.4, -0.2) is 38.4 Å². The second-order valence-electron chi connectivity index (χ2n) is 5.69. The van der Waals surface area contributed by atoms with Gasteiger partial charge in [0.15, 0.2) is 0 Å². The van der Waals surface area contributed by atoms with Crippen molar-refractivity contribution in [3.8, 4) is 0 Å². The van der Waals surface area contributed by atoms with Gasteiger partial charge in [-0.15, -0.1) is 0 Å². The number of amides is 1. The number of ether oxygens (including phenoxy) is 2. The third-order valence-electron chi connectivity index (χ3n) is 4.07. The standard InChI is InChI=1S/C15H27NO3/c17-15(13-6-2-1-3-7-13)16-9-5-10-18-12-14-8-4-11-19-14/h13-14H,1-12H2,(H,16,17). The SMILES string of the molecule is O=C(NCCCOCC1CCCO1)C1CCCCC1. The minimum absolute atomic E-state index is 0.249. The van der Waals surface area contributed by atoms with Crippen molar-refractivity contribution < 1.29 is 14.3 Å². The van der Waals surface area contributed by atoms with E-state index in [1.165, 1.54) is 19.3 Å². The molecule has 1 unspecified atom stereocenters. The molecule has 0 spiro atoms. The fraction of sp³-hybridized carbons (Fsp3) is 0.933. The van der Waals surface area contributed by atoms with Crippen LogP contribution in [0.25, 0.3) is 0 Å². The van der Waals surface area contributed by atoms with E-state index in [0.717, 1.165) is 45.3 Å². The van der Waals surface area contributed by atoms with Crippen molar-refractivity contribution in [2.75, 3.05) is 26.4 Å². The van der Waals surface area contributed by atoms with Crippen LogP contribution in [0.1, 0.15) is 51.4 Å². The van der Waals surface area contributed by atoms with E-state index in [1.54, 1.807) is 0 Å². The zero-order valence-electron chi connectivity index (χ0n) is 11.9. The highest BCUT2D eigenvalue weighted by atomic mass is 16.5. The summed E-state index contributed by atoms with van der Waals surface area (Å²) < 4.78 is 11.1. The molecule has 110 valence electrons. The zero-order chi connectivity index (χ0) is 13.3. The average molecular weight is 269 g/mol. The quantitative estimate of drug-likeness (QED) is 0.721. The molecule has 1 heterocycles. The summed E-state index contributed by atoms with van der Waals surface area (Å²) in [7, 11) is 0. The molecule has 0 bridgehead atoms. The van der Waals surface area contributed by atoms with Crippen molar-refractivity contribution in [2.24, 2.45) is 5.92 Å². The van der Waals surface area contributed by atoms with Crippen LogP contribution in [0.5, 0.6) is 0 Å². The van der Waals surface area contributed by atoms with Gasteiger partial charge in [-0.05, 0) is 32.1 Å². The van der Waals surface area contributed by atoms with Crippen molar-refractivity contribution in [2.45, 2.75) is 57.5 Å². The molecular formula is C15H27NO3. The predicted octanol–water partition coefficient (Wildman–Crippen LogP) is 2.27. The van der Waals surface area contributed by atoms with Crippen LogP contribution in [0.4, 0.5) is 0 Å². The Morgan fingerprint density at radius 2 is 2.00 bits per heavy atom. The van der Waals surface area contributed by atoms with E-state index >= 15 is 0 Å². The van der Waals surface area contributed by atoms with Crippen LogP contribution in [0.2, 0.25) is 0 Å². The topological polar surface area (TPSA) is 47.6 Å². The molecule has 1 atom stereocenters. The Bertz CT molecular complexity index is 258. The summed E-state index contributed by atoms with van der Waals surface area (Å²) in [5, 5.41) is 3.03. The lowest BCUT2D eigenvalue weighted by Gasteiger charge is -2.20. The van der Waals surface area contributed by atoms with Crippen LogP contribution >= 0.6 is 0 Å². The third-order valence-corrected chi connectivity index (χ3v) is 4.07. The number of carbonyl (C=O) groups excluding carboxylic acids is 1. The smallest absolute Gasteiger partial charge is 0.223 e. The summed E-state index contributed by atoms with van der Waals surface area (Å²) in [6, 6.07) is 0. The second kappa shape index (κ2) is 8.54. The summed E-state index contributed by atoms with van der Waals surface area (Å²) >= 11 is 0. The molecule has 2 aliphatic rings. The lowest BCUT2D eigenvalue weighted by molar-refractivity contribution is -0.125. The van der Waals surface area contributed by atoms with E-state index in [1.807, 2.05) is 0 Å². The molecule has 1 aliphatic heterocycles. The Morgan fingerprint density at radius 3 is 2.74 bits per heavy atom. The van der Waals surface area contributed by atoms with E-state index < -0.39 is 0 Å². The molecule has 1 aliphatic carbocycles. The van der Waals surface area contributed by atoms with E-state index in [2.05, 4.69) is 5.32 Å². The van der Waals surface area contributed by atoms with Crippen molar-refractivity contribution in [3.05, 3.63) is 0 Å². The van der Waals surface area contributed by atoms with Gasteiger partial charge in [-0.2, -0.15) is 0 Å². The van der Waals surface area contributed by atoms with Gasteiger partial charge in [0.2, 0.25) is 5.91 Å². The predicted molar refractivity (Wildman–Crippen MR) is 74.0 cm³/mol. The molecule has 0 aromatic carbocycles. The number of hydrogen-bond acceptors (Lipinski definition) is 3. The summed E-state index contributed by atoms with van der Waals surface area (Å²) in [6.07, 6.45) is 9.33. The van der Waals surface area contributed by atoms with Crippen molar-refractivity contribution in [1.82, 2.24) is 5.32 Å². The van der Waals surface area contributed by atoms with Crippen molar-refractivity contribution >= 4 is 5.91 Å². The maximum atomic E-state index is 11.9.